The van der Waals surface area contributed by atoms with Gasteiger partial charge in [0.05, 0.1) is 11.5 Å². The Labute approximate surface area is 165 Å². The highest BCUT2D eigenvalue weighted by Gasteiger charge is 2.13. The number of hydrogen-bond donors (Lipinski definition) is 0. The highest BCUT2D eigenvalue weighted by Crippen LogP contribution is 2.19. The van der Waals surface area contributed by atoms with Crippen molar-refractivity contribution in [1.29, 1.82) is 0 Å². The van der Waals surface area contributed by atoms with Gasteiger partial charge >= 0.3 is 0 Å². The van der Waals surface area contributed by atoms with Crippen molar-refractivity contribution in [3.63, 3.8) is 0 Å². The molecule has 1 aromatic heterocycles. The Balaban J connectivity index is 1.61. The van der Waals surface area contributed by atoms with Crippen LogP contribution in [0.5, 0.6) is 0 Å². The number of nitrogens with zero attached hydrogens (tertiary/aromatic N) is 4. The highest BCUT2D eigenvalue weighted by atomic mass is 35.5. The largest absolute Gasteiger partial charge is 0.337 e. The fraction of sp³-hybridized carbons (Fsp3) is 0.105. The van der Waals surface area contributed by atoms with E-state index in [4.69, 9.17) is 16.1 Å². The molecule has 0 radical (unpaired) electrons. The predicted octanol–water partition coefficient (Wildman–Crippen LogP) is 3.97. The molecule has 3 rings (SSSR count). The second-order valence-electron chi connectivity index (χ2n) is 5.89. The first-order valence-electron chi connectivity index (χ1n) is 8.18. The first-order valence-corrected chi connectivity index (χ1v) is 8.56. The number of carbonyl (C=O) groups is 1. The van der Waals surface area contributed by atoms with Gasteiger partial charge in [0, 0.05) is 35.8 Å². The topological polar surface area (TPSA) is 102 Å². The summed E-state index contributed by atoms with van der Waals surface area (Å²) in [5.74, 6) is 0.433. The predicted molar refractivity (Wildman–Crippen MR) is 103 cm³/mol. The number of carbonyl (C=O) groups excluding carboxylic acids is 1. The fourth-order valence-corrected chi connectivity index (χ4v) is 2.44. The number of benzene rings is 2. The standard InChI is InChI=1S/C19H15ClN4O4/c1-23(18(25)11-4-13-2-9-16(10-3-13)24(26)27)12-17-21-19(22-28-17)14-5-7-15(20)8-6-14/h2-11H,12H2,1H3/b11-4+. The molecule has 0 saturated carbocycles. The molecular weight excluding hydrogens is 384 g/mol. The second-order valence-corrected chi connectivity index (χ2v) is 6.33. The van der Waals surface area contributed by atoms with Crippen molar-refractivity contribution in [2.75, 3.05) is 7.05 Å². The van der Waals surface area contributed by atoms with Gasteiger partial charge in [-0.05, 0) is 48.0 Å². The number of rotatable bonds is 6. The number of nitro benzene ring substituents is 1. The van der Waals surface area contributed by atoms with Gasteiger partial charge in [0.25, 0.3) is 5.69 Å². The summed E-state index contributed by atoms with van der Waals surface area (Å²) in [4.78, 5) is 28.1. The maximum Gasteiger partial charge on any atom is 0.269 e. The summed E-state index contributed by atoms with van der Waals surface area (Å²) >= 11 is 5.86. The van der Waals surface area contributed by atoms with Gasteiger partial charge in [-0.15, -0.1) is 0 Å². The van der Waals surface area contributed by atoms with Crippen molar-refractivity contribution in [2.45, 2.75) is 6.54 Å². The van der Waals surface area contributed by atoms with Crippen LogP contribution >= 0.6 is 11.6 Å². The Bertz CT molecular complexity index is 1010. The quantitative estimate of drug-likeness (QED) is 0.353. The van der Waals surface area contributed by atoms with E-state index in [1.165, 1.54) is 23.1 Å². The zero-order valence-electron chi connectivity index (χ0n) is 14.8. The van der Waals surface area contributed by atoms with E-state index in [0.717, 1.165) is 5.56 Å². The molecule has 0 bridgehead atoms. The monoisotopic (exact) mass is 398 g/mol. The van der Waals surface area contributed by atoms with Crippen molar-refractivity contribution in [3.05, 3.63) is 81.2 Å². The number of amides is 1. The van der Waals surface area contributed by atoms with Gasteiger partial charge in [-0.3, -0.25) is 14.9 Å². The average molecular weight is 399 g/mol. The van der Waals surface area contributed by atoms with E-state index in [1.54, 1.807) is 49.5 Å². The van der Waals surface area contributed by atoms with Gasteiger partial charge in [0.2, 0.25) is 17.6 Å². The Hall–Kier alpha value is -3.52. The van der Waals surface area contributed by atoms with Crippen LogP contribution in [0.1, 0.15) is 11.5 Å². The molecule has 0 saturated heterocycles. The molecule has 0 unspecified atom stereocenters. The minimum Gasteiger partial charge on any atom is -0.337 e. The molecule has 0 spiro atoms. The van der Waals surface area contributed by atoms with Crippen LogP contribution in [-0.4, -0.2) is 32.9 Å². The SMILES string of the molecule is CN(Cc1nc(-c2ccc(Cl)cc2)no1)C(=O)/C=C/c1ccc([N+](=O)[O-])cc1. The van der Waals surface area contributed by atoms with Crippen LogP contribution in [0.4, 0.5) is 5.69 Å². The summed E-state index contributed by atoms with van der Waals surface area (Å²) in [7, 11) is 1.61. The molecule has 0 N–H and O–H groups in total. The van der Waals surface area contributed by atoms with Gasteiger partial charge in [0.1, 0.15) is 0 Å². The maximum absolute atomic E-state index is 12.2. The molecule has 2 aromatic carbocycles. The first-order chi connectivity index (χ1) is 13.4. The van der Waals surface area contributed by atoms with Crippen LogP contribution < -0.4 is 0 Å². The van der Waals surface area contributed by atoms with E-state index in [9.17, 15) is 14.9 Å². The lowest BCUT2D eigenvalue weighted by Crippen LogP contribution is -2.24. The van der Waals surface area contributed by atoms with Crippen LogP contribution in [0, 0.1) is 10.1 Å². The Morgan fingerprint density at radius 3 is 2.54 bits per heavy atom. The maximum atomic E-state index is 12.2. The smallest absolute Gasteiger partial charge is 0.269 e. The molecule has 0 aliphatic carbocycles. The number of aromatic nitrogens is 2. The molecule has 9 heteroatoms. The van der Waals surface area contributed by atoms with Gasteiger partial charge in [-0.1, -0.05) is 16.8 Å². The summed E-state index contributed by atoms with van der Waals surface area (Å²) in [6, 6.07) is 12.9. The van der Waals surface area contributed by atoms with Crippen molar-refractivity contribution in [1.82, 2.24) is 15.0 Å². The average Bonchev–Trinajstić information content (AvgIpc) is 3.15. The second kappa shape index (κ2) is 8.45. The summed E-state index contributed by atoms with van der Waals surface area (Å²) < 4.78 is 5.19. The van der Waals surface area contributed by atoms with Crippen LogP contribution in [0.15, 0.2) is 59.1 Å². The van der Waals surface area contributed by atoms with E-state index < -0.39 is 4.92 Å². The molecule has 0 fully saturated rings. The molecule has 0 aliphatic rings. The van der Waals surface area contributed by atoms with E-state index in [-0.39, 0.29) is 18.1 Å². The van der Waals surface area contributed by atoms with Crippen LogP contribution in [-0.2, 0) is 11.3 Å². The summed E-state index contributed by atoms with van der Waals surface area (Å²) in [6.07, 6.45) is 2.95. The summed E-state index contributed by atoms with van der Waals surface area (Å²) in [6.45, 7) is 0.143. The number of nitro groups is 1. The number of non-ortho nitro benzene ring substituents is 1. The van der Waals surface area contributed by atoms with E-state index >= 15 is 0 Å². The fourth-order valence-electron chi connectivity index (χ4n) is 2.32. The summed E-state index contributed by atoms with van der Waals surface area (Å²) in [5, 5.41) is 15.2. The van der Waals surface area contributed by atoms with Gasteiger partial charge in [-0.2, -0.15) is 4.98 Å². The zero-order valence-corrected chi connectivity index (χ0v) is 15.5. The van der Waals surface area contributed by atoms with Crippen LogP contribution in [0.2, 0.25) is 5.02 Å². The third kappa shape index (κ3) is 4.80. The van der Waals surface area contributed by atoms with Crippen molar-refractivity contribution in [2.24, 2.45) is 0 Å². The molecule has 1 amide bonds. The van der Waals surface area contributed by atoms with Crippen molar-refractivity contribution >= 4 is 29.3 Å². The number of halogens is 1. The highest BCUT2D eigenvalue weighted by molar-refractivity contribution is 6.30. The zero-order chi connectivity index (χ0) is 20.1. The van der Waals surface area contributed by atoms with Crippen LogP contribution in [0.3, 0.4) is 0 Å². The molecular formula is C19H15ClN4O4. The molecule has 0 atom stereocenters. The Kier molecular flexibility index (Phi) is 5.81. The van der Waals surface area contributed by atoms with Crippen LogP contribution in [0.25, 0.3) is 17.5 Å². The van der Waals surface area contributed by atoms with E-state index in [1.807, 2.05) is 0 Å². The molecule has 8 nitrogen and oxygen atoms in total. The van der Waals surface area contributed by atoms with E-state index in [0.29, 0.717) is 22.3 Å². The molecule has 3 aromatic rings. The number of likely N-dealkylation sites (N-methyl/N-ethyl adjacent to an activating group) is 1. The van der Waals surface area contributed by atoms with E-state index in [2.05, 4.69) is 10.1 Å². The minimum absolute atomic E-state index is 0.00604. The lowest BCUT2D eigenvalue weighted by atomic mass is 10.2. The number of hydrogen-bond acceptors (Lipinski definition) is 6. The minimum atomic E-state index is -0.477. The van der Waals surface area contributed by atoms with Gasteiger partial charge in [0.15, 0.2) is 0 Å². The Morgan fingerprint density at radius 1 is 1.21 bits per heavy atom. The molecule has 1 heterocycles. The lowest BCUT2D eigenvalue weighted by Gasteiger charge is -2.11. The van der Waals surface area contributed by atoms with Crippen molar-refractivity contribution in [3.8, 4) is 11.4 Å². The molecule has 0 aliphatic heterocycles. The van der Waals surface area contributed by atoms with Crippen molar-refractivity contribution < 1.29 is 14.2 Å². The Morgan fingerprint density at radius 2 is 1.89 bits per heavy atom. The van der Waals surface area contributed by atoms with Gasteiger partial charge < -0.3 is 9.42 Å². The molecule has 28 heavy (non-hydrogen) atoms. The third-order valence-electron chi connectivity index (χ3n) is 3.84. The third-order valence-corrected chi connectivity index (χ3v) is 4.09. The lowest BCUT2D eigenvalue weighted by molar-refractivity contribution is -0.384. The molecule has 142 valence electrons. The summed E-state index contributed by atoms with van der Waals surface area (Å²) in [5.41, 5.74) is 1.43. The normalized spacial score (nSPS) is 10.9. The first kappa shape index (κ1) is 19.2. The van der Waals surface area contributed by atoms with Gasteiger partial charge in [-0.25, -0.2) is 0 Å².